The van der Waals surface area contributed by atoms with Crippen molar-refractivity contribution in [1.82, 2.24) is 5.32 Å². The lowest BCUT2D eigenvalue weighted by molar-refractivity contribution is -0.384. The number of nitro groups is 1. The molecule has 0 aliphatic carbocycles. The Balaban J connectivity index is 2.96. The van der Waals surface area contributed by atoms with Gasteiger partial charge in [0.2, 0.25) is 5.91 Å². The van der Waals surface area contributed by atoms with Gasteiger partial charge in [0.15, 0.2) is 0 Å². The van der Waals surface area contributed by atoms with Crippen LogP contribution in [0.15, 0.2) is 18.2 Å². The minimum Gasteiger partial charge on any atom is -0.322 e. The summed E-state index contributed by atoms with van der Waals surface area (Å²) in [4.78, 5) is 21.9. The van der Waals surface area contributed by atoms with Crippen LogP contribution in [0.5, 0.6) is 0 Å². The summed E-state index contributed by atoms with van der Waals surface area (Å²) >= 11 is 0. The van der Waals surface area contributed by atoms with Gasteiger partial charge in [0, 0.05) is 12.1 Å². The Morgan fingerprint density at radius 2 is 2.11 bits per heavy atom. The number of anilines is 1. The molecular formula is C12H16FN3O3. The second kappa shape index (κ2) is 5.75. The first-order chi connectivity index (χ1) is 8.77. The molecule has 0 saturated carbocycles. The molecule has 0 radical (unpaired) electrons. The van der Waals surface area contributed by atoms with Crippen molar-refractivity contribution in [3.63, 3.8) is 0 Å². The average Bonchev–Trinajstić information content (AvgIpc) is 2.31. The molecule has 0 bridgehead atoms. The summed E-state index contributed by atoms with van der Waals surface area (Å²) in [5.74, 6) is -1.18. The van der Waals surface area contributed by atoms with E-state index in [1.807, 2.05) is 6.92 Å². The third-order valence-electron chi connectivity index (χ3n) is 2.60. The molecule has 0 aliphatic rings. The molecular weight excluding hydrogens is 253 g/mol. The molecule has 19 heavy (non-hydrogen) atoms. The van der Waals surface area contributed by atoms with Crippen LogP contribution in [0, 0.1) is 15.9 Å². The predicted molar refractivity (Wildman–Crippen MR) is 69.4 cm³/mol. The number of non-ortho nitro benzene ring substituents is 1. The molecule has 2 N–H and O–H groups in total. The topological polar surface area (TPSA) is 84.3 Å². The number of benzene rings is 1. The lowest BCUT2D eigenvalue weighted by Gasteiger charge is -2.24. The van der Waals surface area contributed by atoms with Gasteiger partial charge in [0.05, 0.1) is 16.1 Å². The van der Waals surface area contributed by atoms with Gasteiger partial charge in [-0.05, 0) is 26.5 Å². The van der Waals surface area contributed by atoms with Gasteiger partial charge in [-0.15, -0.1) is 0 Å². The number of hydrogen-bond donors (Lipinski definition) is 2. The van der Waals surface area contributed by atoms with Gasteiger partial charge in [-0.25, -0.2) is 4.39 Å². The number of nitrogens with zero attached hydrogens (tertiary/aromatic N) is 1. The smallest absolute Gasteiger partial charge is 0.271 e. The molecule has 0 aromatic heterocycles. The molecule has 0 atom stereocenters. The van der Waals surface area contributed by atoms with E-state index in [-0.39, 0.29) is 11.4 Å². The summed E-state index contributed by atoms with van der Waals surface area (Å²) in [6.45, 7) is 5.68. The monoisotopic (exact) mass is 269 g/mol. The highest BCUT2D eigenvalue weighted by Crippen LogP contribution is 2.22. The van der Waals surface area contributed by atoms with Crippen molar-refractivity contribution in [2.75, 3.05) is 11.9 Å². The van der Waals surface area contributed by atoms with Gasteiger partial charge in [-0.1, -0.05) is 6.92 Å². The summed E-state index contributed by atoms with van der Waals surface area (Å²) in [7, 11) is 0. The summed E-state index contributed by atoms with van der Waals surface area (Å²) < 4.78 is 13.5. The second-order valence-corrected chi connectivity index (χ2v) is 4.53. The quantitative estimate of drug-likeness (QED) is 0.633. The van der Waals surface area contributed by atoms with Crippen molar-refractivity contribution in [2.45, 2.75) is 26.3 Å². The number of likely N-dealkylation sites (N-methyl/N-ethyl adjacent to an activating group) is 1. The Morgan fingerprint density at radius 1 is 1.47 bits per heavy atom. The van der Waals surface area contributed by atoms with Crippen LogP contribution in [0.3, 0.4) is 0 Å². The van der Waals surface area contributed by atoms with E-state index in [9.17, 15) is 19.3 Å². The first-order valence-electron chi connectivity index (χ1n) is 5.78. The number of nitro benzene ring substituents is 1. The van der Waals surface area contributed by atoms with E-state index in [0.717, 1.165) is 18.2 Å². The van der Waals surface area contributed by atoms with Crippen molar-refractivity contribution < 1.29 is 14.1 Å². The zero-order chi connectivity index (χ0) is 14.6. The lowest BCUT2D eigenvalue weighted by Crippen LogP contribution is -2.49. The zero-order valence-electron chi connectivity index (χ0n) is 11.0. The number of amides is 1. The second-order valence-electron chi connectivity index (χ2n) is 4.53. The fraction of sp³-hybridized carbons (Fsp3) is 0.417. The number of hydrogen-bond acceptors (Lipinski definition) is 4. The van der Waals surface area contributed by atoms with Crippen molar-refractivity contribution in [1.29, 1.82) is 0 Å². The molecule has 6 nitrogen and oxygen atoms in total. The number of nitrogens with one attached hydrogen (secondary N) is 2. The van der Waals surface area contributed by atoms with Crippen molar-refractivity contribution in [3.05, 3.63) is 34.1 Å². The number of carbonyl (C=O) groups is 1. The van der Waals surface area contributed by atoms with E-state index in [4.69, 9.17) is 0 Å². The van der Waals surface area contributed by atoms with E-state index >= 15 is 0 Å². The van der Waals surface area contributed by atoms with Crippen LogP contribution in [-0.4, -0.2) is 22.9 Å². The third-order valence-corrected chi connectivity index (χ3v) is 2.60. The lowest BCUT2D eigenvalue weighted by atomic mass is 10.0. The van der Waals surface area contributed by atoms with E-state index in [0.29, 0.717) is 6.54 Å². The van der Waals surface area contributed by atoms with Crippen LogP contribution in [0.2, 0.25) is 0 Å². The van der Waals surface area contributed by atoms with Crippen LogP contribution in [0.4, 0.5) is 15.8 Å². The molecule has 0 spiro atoms. The van der Waals surface area contributed by atoms with Crippen molar-refractivity contribution in [2.24, 2.45) is 0 Å². The Morgan fingerprint density at radius 3 is 2.63 bits per heavy atom. The molecule has 0 heterocycles. The van der Waals surface area contributed by atoms with E-state index in [2.05, 4.69) is 10.6 Å². The van der Waals surface area contributed by atoms with Gasteiger partial charge < -0.3 is 10.6 Å². The summed E-state index contributed by atoms with van der Waals surface area (Å²) in [6.07, 6.45) is 0. The SMILES string of the molecule is CCNC(C)(C)C(=O)Nc1cc([N+](=O)[O-])ccc1F. The zero-order valence-corrected chi connectivity index (χ0v) is 11.0. The first kappa shape index (κ1) is 15.0. The molecule has 1 aromatic carbocycles. The highest BCUT2D eigenvalue weighted by atomic mass is 19.1. The normalized spacial score (nSPS) is 11.2. The van der Waals surface area contributed by atoms with Crippen LogP contribution >= 0.6 is 0 Å². The van der Waals surface area contributed by atoms with E-state index < -0.39 is 22.2 Å². The predicted octanol–water partition coefficient (Wildman–Crippen LogP) is 2.06. The minimum absolute atomic E-state index is 0.204. The fourth-order valence-electron chi connectivity index (χ4n) is 1.52. The standard InChI is InChI=1S/C12H16FN3O3/c1-4-14-12(2,3)11(17)15-10-7-8(16(18)19)5-6-9(10)13/h5-7,14H,4H2,1-3H3,(H,15,17). The Bertz CT molecular complexity index is 503. The maximum Gasteiger partial charge on any atom is 0.271 e. The third kappa shape index (κ3) is 3.72. The maximum atomic E-state index is 13.5. The molecule has 0 fully saturated rings. The largest absolute Gasteiger partial charge is 0.322 e. The number of halogens is 1. The number of rotatable bonds is 5. The highest BCUT2D eigenvalue weighted by Gasteiger charge is 2.27. The molecule has 1 amide bonds. The van der Waals surface area contributed by atoms with Crippen molar-refractivity contribution >= 4 is 17.3 Å². The minimum atomic E-state index is -0.897. The molecule has 7 heteroatoms. The van der Waals surface area contributed by atoms with E-state index in [1.165, 1.54) is 0 Å². The van der Waals surface area contributed by atoms with Crippen LogP contribution in [0.25, 0.3) is 0 Å². The molecule has 0 unspecified atom stereocenters. The average molecular weight is 269 g/mol. The molecule has 1 aromatic rings. The van der Waals surface area contributed by atoms with Gasteiger partial charge in [-0.2, -0.15) is 0 Å². The first-order valence-corrected chi connectivity index (χ1v) is 5.78. The van der Waals surface area contributed by atoms with Crippen molar-refractivity contribution in [3.8, 4) is 0 Å². The Hall–Kier alpha value is -2.02. The molecule has 0 saturated heterocycles. The van der Waals surface area contributed by atoms with Gasteiger partial charge in [-0.3, -0.25) is 14.9 Å². The summed E-state index contributed by atoms with van der Waals surface area (Å²) in [6, 6.07) is 2.99. The maximum absolute atomic E-state index is 13.5. The fourth-order valence-corrected chi connectivity index (χ4v) is 1.52. The molecule has 1 rings (SSSR count). The Labute approximate surface area is 110 Å². The van der Waals surface area contributed by atoms with Crippen LogP contribution in [-0.2, 0) is 4.79 Å². The van der Waals surface area contributed by atoms with Crippen LogP contribution < -0.4 is 10.6 Å². The van der Waals surface area contributed by atoms with Gasteiger partial charge in [0.1, 0.15) is 5.82 Å². The molecule has 0 aliphatic heterocycles. The summed E-state index contributed by atoms with van der Waals surface area (Å²) in [5, 5.41) is 15.9. The molecule has 104 valence electrons. The van der Waals surface area contributed by atoms with Gasteiger partial charge in [0.25, 0.3) is 5.69 Å². The van der Waals surface area contributed by atoms with Crippen LogP contribution in [0.1, 0.15) is 20.8 Å². The van der Waals surface area contributed by atoms with Gasteiger partial charge >= 0.3 is 0 Å². The van der Waals surface area contributed by atoms with E-state index in [1.54, 1.807) is 13.8 Å². The highest BCUT2D eigenvalue weighted by molar-refractivity contribution is 5.97. The Kier molecular flexibility index (Phi) is 4.55. The summed E-state index contributed by atoms with van der Waals surface area (Å²) in [5.41, 5.74) is -1.38. The number of carbonyl (C=O) groups excluding carboxylic acids is 1.